The molecule has 3 heteroatoms. The number of hydrogen-bond donors (Lipinski definition) is 0. The van der Waals surface area contributed by atoms with Gasteiger partial charge in [-0.15, -0.1) is 0 Å². The standard InChI is InChI=1S/C15H12BrFO/c16-13-7-4-11(5-8-13)6-9-15(18)12-2-1-3-14(17)10-12/h1-5,7-8,10H,6,9H2. The van der Waals surface area contributed by atoms with Gasteiger partial charge in [0, 0.05) is 16.5 Å². The van der Waals surface area contributed by atoms with Gasteiger partial charge in [0.2, 0.25) is 0 Å². The molecule has 0 N–H and O–H groups in total. The molecule has 0 radical (unpaired) electrons. The molecule has 92 valence electrons. The molecule has 0 atom stereocenters. The van der Waals surface area contributed by atoms with Crippen LogP contribution in [0.4, 0.5) is 4.39 Å². The van der Waals surface area contributed by atoms with E-state index < -0.39 is 0 Å². The Bertz CT molecular complexity index is 549. The minimum atomic E-state index is -0.371. The lowest BCUT2D eigenvalue weighted by atomic mass is 10.0. The molecule has 0 aliphatic rings. The van der Waals surface area contributed by atoms with Crippen LogP contribution in [0.1, 0.15) is 22.3 Å². The van der Waals surface area contributed by atoms with E-state index in [0.717, 1.165) is 10.0 Å². The Morgan fingerprint density at radius 3 is 2.50 bits per heavy atom. The van der Waals surface area contributed by atoms with E-state index in [2.05, 4.69) is 15.9 Å². The highest BCUT2D eigenvalue weighted by Crippen LogP contribution is 2.13. The summed E-state index contributed by atoms with van der Waals surface area (Å²) in [6.07, 6.45) is 1.06. The van der Waals surface area contributed by atoms with Crippen LogP contribution in [0.15, 0.2) is 53.0 Å². The summed E-state index contributed by atoms with van der Waals surface area (Å²) in [5, 5.41) is 0. The van der Waals surface area contributed by atoms with Gasteiger partial charge in [-0.25, -0.2) is 4.39 Å². The first-order chi connectivity index (χ1) is 8.65. The number of Topliss-reactive ketones (excluding diaryl/α,β-unsaturated/α-hetero) is 1. The van der Waals surface area contributed by atoms with Gasteiger partial charge in [-0.1, -0.05) is 40.2 Å². The number of carbonyl (C=O) groups excluding carboxylic acids is 1. The minimum absolute atomic E-state index is 0.0302. The van der Waals surface area contributed by atoms with Gasteiger partial charge >= 0.3 is 0 Å². The van der Waals surface area contributed by atoms with Crippen molar-refractivity contribution in [1.29, 1.82) is 0 Å². The smallest absolute Gasteiger partial charge is 0.163 e. The van der Waals surface area contributed by atoms with Crippen LogP contribution in [0.3, 0.4) is 0 Å². The summed E-state index contributed by atoms with van der Waals surface area (Å²) in [4.78, 5) is 11.9. The predicted molar refractivity (Wildman–Crippen MR) is 73.2 cm³/mol. The lowest BCUT2D eigenvalue weighted by molar-refractivity contribution is 0.0982. The van der Waals surface area contributed by atoms with E-state index in [9.17, 15) is 9.18 Å². The molecule has 0 unspecified atom stereocenters. The van der Waals surface area contributed by atoms with Gasteiger partial charge in [0.05, 0.1) is 0 Å². The maximum atomic E-state index is 13.0. The van der Waals surface area contributed by atoms with Crippen LogP contribution in [-0.2, 0) is 6.42 Å². The molecule has 0 aliphatic heterocycles. The third-order valence-corrected chi connectivity index (χ3v) is 3.23. The van der Waals surface area contributed by atoms with Crippen molar-refractivity contribution in [2.24, 2.45) is 0 Å². The van der Waals surface area contributed by atoms with Crippen LogP contribution in [0.25, 0.3) is 0 Å². The summed E-state index contributed by atoms with van der Waals surface area (Å²) >= 11 is 3.36. The molecule has 0 saturated carbocycles. The van der Waals surface area contributed by atoms with Crippen LogP contribution in [0.2, 0.25) is 0 Å². The van der Waals surface area contributed by atoms with Crippen molar-refractivity contribution >= 4 is 21.7 Å². The first-order valence-corrected chi connectivity index (χ1v) is 6.47. The van der Waals surface area contributed by atoms with E-state index in [1.165, 1.54) is 12.1 Å². The van der Waals surface area contributed by atoms with E-state index >= 15 is 0 Å². The average molecular weight is 307 g/mol. The molecule has 1 nitrogen and oxygen atoms in total. The van der Waals surface area contributed by atoms with Gasteiger partial charge in [-0.3, -0.25) is 4.79 Å². The van der Waals surface area contributed by atoms with E-state index in [1.807, 2.05) is 24.3 Å². The minimum Gasteiger partial charge on any atom is -0.294 e. The highest BCUT2D eigenvalue weighted by molar-refractivity contribution is 9.10. The molecule has 0 heterocycles. The zero-order chi connectivity index (χ0) is 13.0. The van der Waals surface area contributed by atoms with Gasteiger partial charge in [0.1, 0.15) is 5.82 Å². The van der Waals surface area contributed by atoms with Crippen molar-refractivity contribution < 1.29 is 9.18 Å². The number of ketones is 1. The van der Waals surface area contributed by atoms with Crippen LogP contribution in [0, 0.1) is 5.82 Å². The molecule has 18 heavy (non-hydrogen) atoms. The normalized spacial score (nSPS) is 10.3. The Labute approximate surface area is 114 Å². The molecule has 2 rings (SSSR count). The molecule has 0 bridgehead atoms. The summed E-state index contributed by atoms with van der Waals surface area (Å²) in [5.41, 5.74) is 1.54. The average Bonchev–Trinajstić information content (AvgIpc) is 2.38. The predicted octanol–water partition coefficient (Wildman–Crippen LogP) is 4.40. The molecule has 0 saturated heterocycles. The first kappa shape index (κ1) is 13.0. The second-order valence-corrected chi connectivity index (χ2v) is 4.98. The van der Waals surface area contributed by atoms with Crippen LogP contribution in [0.5, 0.6) is 0 Å². The number of aryl methyl sites for hydroxylation is 1. The summed E-state index contributed by atoms with van der Waals surface area (Å²) in [7, 11) is 0. The zero-order valence-corrected chi connectivity index (χ0v) is 11.3. The SMILES string of the molecule is O=C(CCc1ccc(Br)cc1)c1cccc(F)c1. The molecule has 0 fully saturated rings. The lowest BCUT2D eigenvalue weighted by Crippen LogP contribution is -2.01. The largest absolute Gasteiger partial charge is 0.294 e. The molecular formula is C15H12BrFO. The van der Waals surface area contributed by atoms with Crippen molar-refractivity contribution in [1.82, 2.24) is 0 Å². The number of benzene rings is 2. The lowest BCUT2D eigenvalue weighted by Gasteiger charge is -2.02. The van der Waals surface area contributed by atoms with Crippen molar-refractivity contribution in [2.45, 2.75) is 12.8 Å². The highest BCUT2D eigenvalue weighted by atomic mass is 79.9. The highest BCUT2D eigenvalue weighted by Gasteiger charge is 2.06. The van der Waals surface area contributed by atoms with Crippen LogP contribution >= 0.6 is 15.9 Å². The number of hydrogen-bond acceptors (Lipinski definition) is 1. The second-order valence-electron chi connectivity index (χ2n) is 4.06. The fourth-order valence-corrected chi connectivity index (χ4v) is 1.98. The van der Waals surface area contributed by atoms with Gasteiger partial charge in [0.15, 0.2) is 5.78 Å². The molecule has 2 aromatic carbocycles. The van der Waals surface area contributed by atoms with Crippen LogP contribution < -0.4 is 0 Å². The van der Waals surface area contributed by atoms with E-state index in [1.54, 1.807) is 12.1 Å². The summed E-state index contributed by atoms with van der Waals surface area (Å²) in [6, 6.07) is 13.7. The van der Waals surface area contributed by atoms with Gasteiger partial charge < -0.3 is 0 Å². The Balaban J connectivity index is 1.98. The molecule has 0 amide bonds. The molecule has 0 aliphatic carbocycles. The molecule has 0 spiro atoms. The Morgan fingerprint density at radius 2 is 1.83 bits per heavy atom. The van der Waals surface area contributed by atoms with Gasteiger partial charge in [0.25, 0.3) is 0 Å². The summed E-state index contributed by atoms with van der Waals surface area (Å²) < 4.78 is 14.0. The molecule has 2 aromatic rings. The summed E-state index contributed by atoms with van der Waals surface area (Å²) in [5.74, 6) is -0.401. The van der Waals surface area contributed by atoms with E-state index in [0.29, 0.717) is 18.4 Å². The van der Waals surface area contributed by atoms with Crippen molar-refractivity contribution in [3.63, 3.8) is 0 Å². The van der Waals surface area contributed by atoms with Crippen LogP contribution in [-0.4, -0.2) is 5.78 Å². The van der Waals surface area contributed by atoms with E-state index in [4.69, 9.17) is 0 Å². The Morgan fingerprint density at radius 1 is 1.11 bits per heavy atom. The number of carbonyl (C=O) groups is 1. The number of halogens is 2. The fraction of sp³-hybridized carbons (Fsp3) is 0.133. The first-order valence-electron chi connectivity index (χ1n) is 5.68. The molecular weight excluding hydrogens is 295 g/mol. The molecule has 0 aromatic heterocycles. The quantitative estimate of drug-likeness (QED) is 0.765. The summed E-state index contributed by atoms with van der Waals surface area (Å²) in [6.45, 7) is 0. The third kappa shape index (κ3) is 3.50. The maximum Gasteiger partial charge on any atom is 0.163 e. The Kier molecular flexibility index (Phi) is 4.26. The zero-order valence-electron chi connectivity index (χ0n) is 9.70. The Hall–Kier alpha value is -1.48. The van der Waals surface area contributed by atoms with Crippen molar-refractivity contribution in [2.75, 3.05) is 0 Å². The van der Waals surface area contributed by atoms with Crippen molar-refractivity contribution in [3.8, 4) is 0 Å². The van der Waals surface area contributed by atoms with Crippen molar-refractivity contribution in [3.05, 3.63) is 69.9 Å². The topological polar surface area (TPSA) is 17.1 Å². The second kappa shape index (κ2) is 5.91. The van der Waals surface area contributed by atoms with Gasteiger partial charge in [-0.2, -0.15) is 0 Å². The third-order valence-electron chi connectivity index (χ3n) is 2.70. The van der Waals surface area contributed by atoms with E-state index in [-0.39, 0.29) is 11.6 Å². The fourth-order valence-electron chi connectivity index (χ4n) is 1.72. The maximum absolute atomic E-state index is 13.0. The number of rotatable bonds is 4. The van der Waals surface area contributed by atoms with Gasteiger partial charge in [-0.05, 0) is 36.2 Å². The monoisotopic (exact) mass is 306 g/mol.